The molecule has 3 heteroatoms. The zero-order chi connectivity index (χ0) is 9.80. The Bertz CT molecular complexity index is 169. The highest BCUT2D eigenvalue weighted by Gasteiger charge is 2.28. The molecular formula is C11H22N2S. The summed E-state index contributed by atoms with van der Waals surface area (Å²) in [6.07, 6.45) is 6.79. The Morgan fingerprint density at radius 3 is 2.64 bits per heavy atom. The Kier molecular flexibility index (Phi) is 4.14. The third kappa shape index (κ3) is 2.65. The van der Waals surface area contributed by atoms with E-state index in [1.54, 1.807) is 0 Å². The molecule has 2 atom stereocenters. The van der Waals surface area contributed by atoms with Crippen LogP contribution in [0.1, 0.15) is 32.1 Å². The van der Waals surface area contributed by atoms with E-state index in [-0.39, 0.29) is 0 Å². The zero-order valence-corrected chi connectivity index (χ0v) is 9.69. The van der Waals surface area contributed by atoms with E-state index in [0.29, 0.717) is 0 Å². The summed E-state index contributed by atoms with van der Waals surface area (Å²) >= 11 is 2.10. The third-order valence-corrected chi connectivity index (χ3v) is 4.68. The molecule has 1 aliphatic heterocycles. The van der Waals surface area contributed by atoms with Crippen molar-refractivity contribution >= 4 is 11.8 Å². The highest BCUT2D eigenvalue weighted by molar-refractivity contribution is 7.99. The molecule has 0 bridgehead atoms. The van der Waals surface area contributed by atoms with Crippen molar-refractivity contribution in [2.75, 3.05) is 18.1 Å². The van der Waals surface area contributed by atoms with Gasteiger partial charge in [0, 0.05) is 12.1 Å². The maximum Gasteiger partial charge on any atom is 0.0110 e. The van der Waals surface area contributed by atoms with Crippen LogP contribution in [0, 0.1) is 5.92 Å². The van der Waals surface area contributed by atoms with E-state index < -0.39 is 0 Å². The number of thioether (sulfide) groups is 1. The average Bonchev–Trinajstić information content (AvgIpc) is 2.67. The molecular weight excluding hydrogens is 192 g/mol. The van der Waals surface area contributed by atoms with E-state index in [1.807, 2.05) is 0 Å². The fourth-order valence-corrected chi connectivity index (χ4v) is 3.81. The molecule has 82 valence electrons. The summed E-state index contributed by atoms with van der Waals surface area (Å²) in [4.78, 5) is 0. The first-order valence-electron chi connectivity index (χ1n) is 5.94. The molecule has 3 N–H and O–H groups in total. The maximum absolute atomic E-state index is 5.79. The second-order valence-electron chi connectivity index (χ2n) is 4.59. The van der Waals surface area contributed by atoms with Crippen LogP contribution >= 0.6 is 11.8 Å². The number of nitrogens with two attached hydrogens (primary N) is 1. The van der Waals surface area contributed by atoms with Gasteiger partial charge in [-0.1, -0.05) is 6.42 Å². The number of hydrogen-bond acceptors (Lipinski definition) is 3. The van der Waals surface area contributed by atoms with Crippen molar-refractivity contribution in [2.45, 2.75) is 44.2 Å². The number of hydrogen-bond donors (Lipinski definition) is 2. The third-order valence-electron chi connectivity index (χ3n) is 3.63. The van der Waals surface area contributed by atoms with E-state index in [2.05, 4.69) is 17.1 Å². The smallest absolute Gasteiger partial charge is 0.0110 e. The molecule has 1 saturated carbocycles. The normalized spacial score (nSPS) is 34.9. The maximum atomic E-state index is 5.79. The van der Waals surface area contributed by atoms with Crippen LogP contribution in [-0.2, 0) is 0 Å². The van der Waals surface area contributed by atoms with Gasteiger partial charge in [0.1, 0.15) is 0 Å². The molecule has 1 aliphatic carbocycles. The average molecular weight is 214 g/mol. The van der Waals surface area contributed by atoms with Crippen molar-refractivity contribution in [2.24, 2.45) is 11.7 Å². The second-order valence-corrected chi connectivity index (χ2v) is 5.81. The van der Waals surface area contributed by atoms with Gasteiger partial charge in [0.05, 0.1) is 0 Å². The lowest BCUT2D eigenvalue weighted by Crippen LogP contribution is -2.43. The lowest BCUT2D eigenvalue weighted by molar-refractivity contribution is 0.347. The van der Waals surface area contributed by atoms with Crippen LogP contribution in [0.15, 0.2) is 0 Å². The van der Waals surface area contributed by atoms with Gasteiger partial charge in [-0.25, -0.2) is 0 Å². The molecule has 2 unspecified atom stereocenters. The molecule has 2 rings (SSSR count). The summed E-state index contributed by atoms with van der Waals surface area (Å²) in [7, 11) is 0. The summed E-state index contributed by atoms with van der Waals surface area (Å²) in [5, 5.41) is 3.83. The van der Waals surface area contributed by atoms with Crippen molar-refractivity contribution in [1.82, 2.24) is 5.32 Å². The Labute approximate surface area is 91.4 Å². The molecule has 0 aromatic carbocycles. The van der Waals surface area contributed by atoms with E-state index in [1.165, 1.54) is 43.6 Å². The molecule has 0 aromatic heterocycles. The van der Waals surface area contributed by atoms with Gasteiger partial charge in [-0.15, -0.1) is 0 Å². The molecule has 0 spiro atoms. The molecule has 2 fully saturated rings. The number of nitrogens with one attached hydrogen (secondary N) is 1. The molecule has 0 radical (unpaired) electrons. The van der Waals surface area contributed by atoms with E-state index in [9.17, 15) is 0 Å². The van der Waals surface area contributed by atoms with Gasteiger partial charge in [-0.2, -0.15) is 11.8 Å². The highest BCUT2D eigenvalue weighted by atomic mass is 32.2. The summed E-state index contributed by atoms with van der Waals surface area (Å²) in [6, 6.07) is 1.52. The lowest BCUT2D eigenvalue weighted by atomic mass is 10.0. The first-order valence-corrected chi connectivity index (χ1v) is 7.09. The fraction of sp³-hybridized carbons (Fsp3) is 1.00. The molecule has 0 aromatic rings. The standard InChI is InChI=1S/C11H22N2S/c12-8-9-2-1-3-11(9)13-10-4-6-14-7-5-10/h9-11,13H,1-8,12H2. The predicted octanol–water partition coefficient (Wildman–Crippen LogP) is 1.60. The predicted molar refractivity (Wildman–Crippen MR) is 63.7 cm³/mol. The lowest BCUT2D eigenvalue weighted by Gasteiger charge is -2.29. The Balaban J connectivity index is 1.77. The Morgan fingerprint density at radius 2 is 1.93 bits per heavy atom. The van der Waals surface area contributed by atoms with Crippen LogP contribution in [0.2, 0.25) is 0 Å². The zero-order valence-electron chi connectivity index (χ0n) is 8.87. The van der Waals surface area contributed by atoms with Crippen LogP contribution in [0.25, 0.3) is 0 Å². The van der Waals surface area contributed by atoms with Gasteiger partial charge >= 0.3 is 0 Å². The molecule has 0 amide bonds. The first kappa shape index (κ1) is 10.8. The van der Waals surface area contributed by atoms with Gasteiger partial charge in [-0.3, -0.25) is 0 Å². The van der Waals surface area contributed by atoms with Crippen LogP contribution in [0.4, 0.5) is 0 Å². The van der Waals surface area contributed by atoms with E-state index >= 15 is 0 Å². The van der Waals surface area contributed by atoms with Crippen LogP contribution in [-0.4, -0.2) is 30.1 Å². The minimum Gasteiger partial charge on any atom is -0.330 e. The summed E-state index contributed by atoms with van der Waals surface area (Å²) in [5.74, 6) is 3.44. The van der Waals surface area contributed by atoms with Gasteiger partial charge in [0.25, 0.3) is 0 Å². The Hall–Kier alpha value is 0.270. The topological polar surface area (TPSA) is 38.0 Å². The van der Waals surface area contributed by atoms with Crippen LogP contribution in [0.3, 0.4) is 0 Å². The summed E-state index contributed by atoms with van der Waals surface area (Å²) < 4.78 is 0. The Morgan fingerprint density at radius 1 is 1.14 bits per heavy atom. The largest absolute Gasteiger partial charge is 0.330 e. The quantitative estimate of drug-likeness (QED) is 0.749. The number of rotatable bonds is 3. The SMILES string of the molecule is NCC1CCCC1NC1CCSCC1. The fourth-order valence-electron chi connectivity index (χ4n) is 2.71. The van der Waals surface area contributed by atoms with Crippen LogP contribution in [0.5, 0.6) is 0 Å². The van der Waals surface area contributed by atoms with Gasteiger partial charge in [0.2, 0.25) is 0 Å². The van der Waals surface area contributed by atoms with E-state index in [0.717, 1.165) is 24.5 Å². The van der Waals surface area contributed by atoms with Crippen molar-refractivity contribution in [1.29, 1.82) is 0 Å². The minimum atomic E-state index is 0.730. The monoisotopic (exact) mass is 214 g/mol. The summed E-state index contributed by atoms with van der Waals surface area (Å²) in [6.45, 7) is 0.874. The van der Waals surface area contributed by atoms with E-state index in [4.69, 9.17) is 5.73 Å². The summed E-state index contributed by atoms with van der Waals surface area (Å²) in [5.41, 5.74) is 5.79. The minimum absolute atomic E-state index is 0.730. The van der Waals surface area contributed by atoms with Crippen molar-refractivity contribution in [3.8, 4) is 0 Å². The van der Waals surface area contributed by atoms with Crippen LogP contribution < -0.4 is 11.1 Å². The molecule has 14 heavy (non-hydrogen) atoms. The second kappa shape index (κ2) is 5.38. The van der Waals surface area contributed by atoms with Crippen molar-refractivity contribution in [3.63, 3.8) is 0 Å². The van der Waals surface area contributed by atoms with Gasteiger partial charge in [-0.05, 0) is 49.7 Å². The highest BCUT2D eigenvalue weighted by Crippen LogP contribution is 2.27. The molecule has 1 heterocycles. The molecule has 2 nitrogen and oxygen atoms in total. The molecule has 1 saturated heterocycles. The van der Waals surface area contributed by atoms with Gasteiger partial charge in [0.15, 0.2) is 0 Å². The van der Waals surface area contributed by atoms with Crippen molar-refractivity contribution in [3.05, 3.63) is 0 Å². The van der Waals surface area contributed by atoms with Crippen molar-refractivity contribution < 1.29 is 0 Å². The first-order chi connectivity index (χ1) is 6.90. The van der Waals surface area contributed by atoms with Gasteiger partial charge < -0.3 is 11.1 Å². The molecule has 2 aliphatic rings.